The van der Waals surface area contributed by atoms with Crippen molar-refractivity contribution in [2.45, 2.75) is 0 Å². The number of fused-ring (bicyclic) bond motifs is 1. The molecule has 96 valence electrons. The molecule has 0 fully saturated rings. The zero-order valence-corrected chi connectivity index (χ0v) is 11.7. The predicted molar refractivity (Wildman–Crippen MR) is 70.3 cm³/mol. The third-order valence-electron chi connectivity index (χ3n) is 2.47. The number of hydrogen-bond acceptors (Lipinski definition) is 5. The van der Waals surface area contributed by atoms with Gasteiger partial charge in [-0.25, -0.2) is 0 Å². The lowest BCUT2D eigenvalue weighted by molar-refractivity contribution is 0.0684. The molecule has 5 nitrogen and oxygen atoms in total. The van der Waals surface area contributed by atoms with Gasteiger partial charge >= 0.3 is 0 Å². The molecule has 1 aromatic rings. The van der Waals surface area contributed by atoms with E-state index in [1.165, 1.54) is 30.5 Å². The van der Waals surface area contributed by atoms with Crippen LogP contribution < -0.4 is 0 Å². The Hall–Kier alpha value is -0.940. The van der Waals surface area contributed by atoms with E-state index in [1.54, 1.807) is 24.3 Å². The van der Waals surface area contributed by atoms with Gasteiger partial charge in [0, 0.05) is 14.2 Å². The maximum absolute atomic E-state index is 12.0. The molecule has 1 aliphatic heterocycles. The largest absolute Gasteiger partial charge is 0.329 e. The molecule has 1 aromatic carbocycles. The molecular weight excluding hydrogens is 273 g/mol. The third kappa shape index (κ3) is 2.42. The van der Waals surface area contributed by atoms with Crippen molar-refractivity contribution in [3.8, 4) is 0 Å². The molecule has 0 radical (unpaired) electrons. The lowest BCUT2D eigenvalue weighted by atomic mass is 10.1. The van der Waals surface area contributed by atoms with E-state index in [2.05, 4.69) is 0 Å². The Morgan fingerprint density at radius 1 is 1.11 bits per heavy atom. The SMILES string of the molecule is COP(OC)SCN1C(=O)c2ccccc2C1=O. The first kappa shape index (κ1) is 13.5. The van der Waals surface area contributed by atoms with E-state index >= 15 is 0 Å². The van der Waals surface area contributed by atoms with Crippen LogP contribution in [0.1, 0.15) is 20.7 Å². The predicted octanol–water partition coefficient (Wildman–Crippen LogP) is 2.49. The highest BCUT2D eigenvalue weighted by molar-refractivity contribution is 8.52. The molecule has 0 aliphatic carbocycles. The summed E-state index contributed by atoms with van der Waals surface area (Å²) in [6, 6.07) is 6.82. The second-order valence-electron chi connectivity index (χ2n) is 3.43. The van der Waals surface area contributed by atoms with E-state index in [4.69, 9.17) is 9.05 Å². The van der Waals surface area contributed by atoms with Gasteiger partial charge in [-0.2, -0.15) is 0 Å². The zero-order chi connectivity index (χ0) is 13.1. The van der Waals surface area contributed by atoms with Crippen LogP contribution in [0.3, 0.4) is 0 Å². The van der Waals surface area contributed by atoms with E-state index in [1.807, 2.05) is 0 Å². The van der Waals surface area contributed by atoms with Crippen molar-refractivity contribution in [1.29, 1.82) is 0 Å². The van der Waals surface area contributed by atoms with Gasteiger partial charge in [-0.3, -0.25) is 14.5 Å². The van der Waals surface area contributed by atoms with Crippen LogP contribution in [0.5, 0.6) is 0 Å². The van der Waals surface area contributed by atoms with Crippen LogP contribution in [-0.2, 0) is 9.05 Å². The summed E-state index contributed by atoms with van der Waals surface area (Å²) in [6.07, 6.45) is 0. The van der Waals surface area contributed by atoms with Gasteiger partial charge in [0.1, 0.15) is 0 Å². The molecule has 18 heavy (non-hydrogen) atoms. The van der Waals surface area contributed by atoms with Gasteiger partial charge in [0.05, 0.1) is 17.0 Å². The van der Waals surface area contributed by atoms with E-state index in [0.29, 0.717) is 11.1 Å². The summed E-state index contributed by atoms with van der Waals surface area (Å²) in [5.74, 6) is -0.282. The summed E-state index contributed by atoms with van der Waals surface area (Å²) < 4.78 is 10.1. The maximum atomic E-state index is 12.0. The minimum atomic E-state index is -1.12. The molecule has 0 bridgehead atoms. The third-order valence-corrected chi connectivity index (χ3v) is 5.52. The molecule has 7 heteroatoms. The number of amides is 2. The Bertz CT molecular complexity index is 443. The van der Waals surface area contributed by atoms with E-state index in [-0.39, 0.29) is 17.7 Å². The summed E-state index contributed by atoms with van der Waals surface area (Å²) in [6.45, 7) is 0. The molecule has 0 saturated heterocycles. The number of benzene rings is 1. The second-order valence-corrected chi connectivity index (χ2v) is 6.79. The van der Waals surface area contributed by atoms with Crippen LogP contribution >= 0.6 is 19.0 Å². The smallest absolute Gasteiger partial charge is 0.262 e. The average molecular weight is 285 g/mol. The fourth-order valence-electron chi connectivity index (χ4n) is 1.64. The highest BCUT2D eigenvalue weighted by atomic mass is 32.7. The van der Waals surface area contributed by atoms with Gasteiger partial charge in [-0.1, -0.05) is 23.5 Å². The summed E-state index contributed by atoms with van der Waals surface area (Å²) in [5.41, 5.74) is 0.921. The minimum Gasteiger partial charge on any atom is -0.329 e. The van der Waals surface area contributed by atoms with Crippen molar-refractivity contribution in [2.75, 3.05) is 20.1 Å². The number of carbonyl (C=O) groups excluding carboxylic acids is 2. The van der Waals surface area contributed by atoms with Crippen LogP contribution in [0.2, 0.25) is 0 Å². The fourth-order valence-corrected chi connectivity index (χ4v) is 3.71. The molecule has 0 spiro atoms. The van der Waals surface area contributed by atoms with E-state index < -0.39 is 7.58 Å². The average Bonchev–Trinajstić information content (AvgIpc) is 2.65. The van der Waals surface area contributed by atoms with Crippen molar-refractivity contribution in [1.82, 2.24) is 4.90 Å². The van der Waals surface area contributed by atoms with Gasteiger partial charge in [0.2, 0.25) is 7.58 Å². The van der Waals surface area contributed by atoms with E-state index in [0.717, 1.165) is 0 Å². The van der Waals surface area contributed by atoms with Crippen molar-refractivity contribution >= 4 is 30.8 Å². The lowest BCUT2D eigenvalue weighted by Gasteiger charge is -2.16. The summed E-state index contributed by atoms with van der Waals surface area (Å²) >= 11 is 1.30. The summed E-state index contributed by atoms with van der Waals surface area (Å²) in [5, 5.41) is 0. The normalized spacial score (nSPS) is 14.5. The van der Waals surface area contributed by atoms with Crippen LogP contribution in [0.4, 0.5) is 0 Å². The van der Waals surface area contributed by atoms with Crippen LogP contribution in [0, 0.1) is 0 Å². The van der Waals surface area contributed by atoms with E-state index in [9.17, 15) is 9.59 Å². The lowest BCUT2D eigenvalue weighted by Crippen LogP contribution is -2.29. The molecule has 0 N–H and O–H groups in total. The number of hydrogen-bond donors (Lipinski definition) is 0. The number of rotatable bonds is 5. The Balaban J connectivity index is 2.09. The summed E-state index contributed by atoms with van der Waals surface area (Å²) in [7, 11) is 1.95. The summed E-state index contributed by atoms with van der Waals surface area (Å²) in [4.78, 5) is 25.2. The molecule has 0 aromatic heterocycles. The van der Waals surface area contributed by atoms with Gasteiger partial charge in [0.25, 0.3) is 11.8 Å². The second kappa shape index (κ2) is 5.80. The number of nitrogens with zero attached hydrogens (tertiary/aromatic N) is 1. The molecule has 0 atom stereocenters. The van der Waals surface area contributed by atoms with Crippen molar-refractivity contribution in [2.24, 2.45) is 0 Å². The first-order valence-electron chi connectivity index (χ1n) is 5.15. The first-order chi connectivity index (χ1) is 8.69. The molecule has 0 saturated carbocycles. The maximum Gasteiger partial charge on any atom is 0.262 e. The Kier molecular flexibility index (Phi) is 4.35. The molecule has 1 aliphatic rings. The Morgan fingerprint density at radius 3 is 2.06 bits per heavy atom. The zero-order valence-electron chi connectivity index (χ0n) is 9.95. The quantitative estimate of drug-likeness (QED) is 0.614. The van der Waals surface area contributed by atoms with Crippen LogP contribution in [0.15, 0.2) is 24.3 Å². The molecule has 2 amide bonds. The minimum absolute atomic E-state index is 0.236. The molecule has 1 heterocycles. The Morgan fingerprint density at radius 2 is 1.61 bits per heavy atom. The van der Waals surface area contributed by atoms with Crippen molar-refractivity contribution in [3.05, 3.63) is 35.4 Å². The van der Waals surface area contributed by atoms with Gasteiger partial charge < -0.3 is 9.05 Å². The fraction of sp³-hybridized carbons (Fsp3) is 0.273. The standard InChI is InChI=1S/C11H12NO4PS/c1-15-17(16-2)18-7-12-10(13)8-5-3-4-6-9(8)11(12)14/h3-6H,7H2,1-2H3. The topological polar surface area (TPSA) is 55.8 Å². The van der Waals surface area contributed by atoms with Gasteiger partial charge in [0.15, 0.2) is 0 Å². The molecular formula is C11H12NO4PS. The highest BCUT2D eigenvalue weighted by Gasteiger charge is 2.35. The molecule has 0 unspecified atom stereocenters. The first-order valence-corrected chi connectivity index (χ1v) is 7.92. The number of imide groups is 1. The van der Waals surface area contributed by atoms with Crippen LogP contribution in [-0.4, -0.2) is 36.8 Å². The van der Waals surface area contributed by atoms with Crippen molar-refractivity contribution < 1.29 is 18.6 Å². The van der Waals surface area contributed by atoms with Gasteiger partial charge in [-0.15, -0.1) is 0 Å². The van der Waals surface area contributed by atoms with Crippen LogP contribution in [0.25, 0.3) is 0 Å². The van der Waals surface area contributed by atoms with Gasteiger partial charge in [-0.05, 0) is 12.1 Å². The monoisotopic (exact) mass is 285 g/mol. The number of carbonyl (C=O) groups is 2. The molecule has 2 rings (SSSR count). The van der Waals surface area contributed by atoms with Crippen molar-refractivity contribution in [3.63, 3.8) is 0 Å². The highest BCUT2D eigenvalue weighted by Crippen LogP contribution is 2.50. The Labute approximate surface area is 110 Å².